The molecule has 0 N–H and O–H groups in total. The van der Waals surface area contributed by atoms with Crippen LogP contribution in [0, 0.1) is 0 Å². The van der Waals surface area contributed by atoms with Crippen molar-refractivity contribution in [1.82, 2.24) is 0 Å². The fourth-order valence-corrected chi connectivity index (χ4v) is 2.55. The van der Waals surface area contributed by atoms with Gasteiger partial charge in [-0.2, -0.15) is 13.2 Å². The Balaban J connectivity index is 2.10. The van der Waals surface area contributed by atoms with Gasteiger partial charge in [-0.1, -0.05) is 36.4 Å². The van der Waals surface area contributed by atoms with E-state index in [2.05, 4.69) is 0 Å². The van der Waals surface area contributed by atoms with Crippen LogP contribution in [0.1, 0.15) is 5.56 Å². The van der Waals surface area contributed by atoms with Crippen LogP contribution in [-0.2, 0) is 9.53 Å². The molecule has 0 aliphatic rings. The van der Waals surface area contributed by atoms with Gasteiger partial charge in [0, 0.05) is 11.6 Å². The van der Waals surface area contributed by atoms with E-state index in [4.69, 9.17) is 4.74 Å². The van der Waals surface area contributed by atoms with Crippen molar-refractivity contribution in [2.24, 2.45) is 0 Å². The Hall–Kier alpha value is -2.82. The SMILES string of the molecule is CO/C(=C\C(=O)C(F)(F)F)c1ccc2cc3ccccc3cc2c1. The van der Waals surface area contributed by atoms with Gasteiger partial charge in [-0.3, -0.25) is 4.79 Å². The van der Waals surface area contributed by atoms with Gasteiger partial charge < -0.3 is 4.74 Å². The van der Waals surface area contributed by atoms with Gasteiger partial charge in [-0.15, -0.1) is 0 Å². The van der Waals surface area contributed by atoms with Crippen LogP contribution in [0.2, 0.25) is 0 Å². The fraction of sp³-hybridized carbons (Fsp3) is 0.105. The van der Waals surface area contributed by atoms with Crippen molar-refractivity contribution in [3.8, 4) is 0 Å². The lowest BCUT2D eigenvalue weighted by Gasteiger charge is -2.09. The molecule has 2 nitrogen and oxygen atoms in total. The molecule has 0 saturated carbocycles. The molecule has 5 heteroatoms. The summed E-state index contributed by atoms with van der Waals surface area (Å²) in [6.45, 7) is 0. The lowest BCUT2D eigenvalue weighted by Crippen LogP contribution is -2.20. The highest BCUT2D eigenvalue weighted by Gasteiger charge is 2.37. The van der Waals surface area contributed by atoms with Crippen LogP contribution < -0.4 is 0 Å². The van der Waals surface area contributed by atoms with Crippen molar-refractivity contribution in [3.05, 3.63) is 66.2 Å². The minimum atomic E-state index is -4.92. The molecule has 0 radical (unpaired) electrons. The number of methoxy groups -OCH3 is 1. The third-order valence-corrected chi connectivity index (χ3v) is 3.75. The Bertz CT molecular complexity index is 956. The Labute approximate surface area is 136 Å². The minimum absolute atomic E-state index is 0.118. The first-order chi connectivity index (χ1) is 11.4. The topological polar surface area (TPSA) is 26.3 Å². The molecule has 0 heterocycles. The van der Waals surface area contributed by atoms with Gasteiger partial charge in [-0.25, -0.2) is 0 Å². The second kappa shape index (κ2) is 6.00. The van der Waals surface area contributed by atoms with Crippen LogP contribution in [0.5, 0.6) is 0 Å². The van der Waals surface area contributed by atoms with Crippen molar-refractivity contribution >= 4 is 33.1 Å². The average molecular weight is 330 g/mol. The zero-order chi connectivity index (χ0) is 17.3. The average Bonchev–Trinajstić information content (AvgIpc) is 2.56. The molecule has 0 saturated heterocycles. The van der Waals surface area contributed by atoms with E-state index in [1.807, 2.05) is 36.4 Å². The lowest BCUT2D eigenvalue weighted by molar-refractivity contribution is -0.165. The second-order valence-corrected chi connectivity index (χ2v) is 5.34. The summed E-state index contributed by atoms with van der Waals surface area (Å²) in [4.78, 5) is 11.2. The lowest BCUT2D eigenvalue weighted by atomic mass is 10.0. The van der Waals surface area contributed by atoms with E-state index < -0.39 is 12.0 Å². The maximum Gasteiger partial charge on any atom is 0.454 e. The van der Waals surface area contributed by atoms with E-state index in [9.17, 15) is 18.0 Å². The van der Waals surface area contributed by atoms with E-state index in [0.29, 0.717) is 11.6 Å². The summed E-state index contributed by atoms with van der Waals surface area (Å²) in [6.07, 6.45) is -4.45. The molecule has 3 rings (SSSR count). The van der Waals surface area contributed by atoms with Gasteiger partial charge in [0.25, 0.3) is 5.78 Å². The van der Waals surface area contributed by atoms with Gasteiger partial charge in [0.1, 0.15) is 5.76 Å². The summed E-state index contributed by atoms with van der Waals surface area (Å²) in [7, 11) is 1.24. The highest BCUT2D eigenvalue weighted by molar-refractivity contribution is 6.02. The van der Waals surface area contributed by atoms with Crippen LogP contribution >= 0.6 is 0 Å². The molecule has 0 spiro atoms. The monoisotopic (exact) mass is 330 g/mol. The number of ether oxygens (including phenoxy) is 1. The zero-order valence-electron chi connectivity index (χ0n) is 12.7. The summed E-state index contributed by atoms with van der Waals surface area (Å²) in [6, 6.07) is 16.9. The standard InChI is InChI=1S/C19H13F3O2/c1-24-17(11-18(23)19(20,21)22)15-7-6-14-8-12-4-2-3-5-13(12)9-16(14)10-15/h2-11H,1H3/b17-11-. The van der Waals surface area contributed by atoms with Gasteiger partial charge in [-0.05, 0) is 39.7 Å². The summed E-state index contributed by atoms with van der Waals surface area (Å²) < 4.78 is 42.3. The number of fused-ring (bicyclic) bond motifs is 2. The molecular weight excluding hydrogens is 317 g/mol. The number of halogens is 3. The number of carbonyl (C=O) groups is 1. The van der Waals surface area contributed by atoms with Crippen molar-refractivity contribution in [2.75, 3.05) is 7.11 Å². The number of ketones is 1. The molecule has 0 aliphatic heterocycles. The molecule has 0 atom stereocenters. The van der Waals surface area contributed by atoms with Crippen LogP contribution in [0.25, 0.3) is 27.3 Å². The normalized spacial score (nSPS) is 12.6. The highest BCUT2D eigenvalue weighted by atomic mass is 19.4. The van der Waals surface area contributed by atoms with Crippen molar-refractivity contribution in [1.29, 1.82) is 0 Å². The van der Waals surface area contributed by atoms with Gasteiger partial charge in [0.2, 0.25) is 0 Å². The molecule has 122 valence electrons. The van der Waals surface area contributed by atoms with E-state index in [0.717, 1.165) is 21.5 Å². The predicted molar refractivity (Wildman–Crippen MR) is 87.5 cm³/mol. The Kier molecular flexibility index (Phi) is 4.01. The summed E-state index contributed by atoms with van der Waals surface area (Å²) in [5.41, 5.74) is 0.415. The van der Waals surface area contributed by atoms with Crippen LogP contribution in [-0.4, -0.2) is 19.1 Å². The quantitative estimate of drug-likeness (QED) is 0.379. The summed E-state index contributed by atoms with van der Waals surface area (Å²) >= 11 is 0. The summed E-state index contributed by atoms with van der Waals surface area (Å²) in [5.74, 6) is -2.06. The maximum absolute atomic E-state index is 12.4. The molecule has 0 bridgehead atoms. The molecular formula is C19H13F3O2. The minimum Gasteiger partial charge on any atom is -0.496 e. The number of allylic oxidation sites excluding steroid dienone is 1. The largest absolute Gasteiger partial charge is 0.496 e. The first-order valence-electron chi connectivity index (χ1n) is 7.18. The number of hydrogen-bond donors (Lipinski definition) is 0. The van der Waals surface area contributed by atoms with E-state index in [1.165, 1.54) is 7.11 Å². The zero-order valence-corrected chi connectivity index (χ0v) is 12.7. The fourth-order valence-electron chi connectivity index (χ4n) is 2.55. The Morgan fingerprint density at radius 1 is 0.917 bits per heavy atom. The molecule has 24 heavy (non-hydrogen) atoms. The van der Waals surface area contributed by atoms with Crippen molar-refractivity contribution in [3.63, 3.8) is 0 Å². The maximum atomic E-state index is 12.4. The third-order valence-electron chi connectivity index (χ3n) is 3.75. The summed E-state index contributed by atoms with van der Waals surface area (Å²) in [5, 5.41) is 3.91. The predicted octanol–water partition coefficient (Wildman–Crippen LogP) is 5.11. The number of carbonyl (C=O) groups excluding carboxylic acids is 1. The van der Waals surface area contributed by atoms with Gasteiger partial charge in [0.15, 0.2) is 0 Å². The van der Waals surface area contributed by atoms with E-state index in [-0.39, 0.29) is 5.76 Å². The van der Waals surface area contributed by atoms with Gasteiger partial charge >= 0.3 is 6.18 Å². The Morgan fingerprint density at radius 2 is 1.50 bits per heavy atom. The van der Waals surface area contributed by atoms with Gasteiger partial charge in [0.05, 0.1) is 7.11 Å². The molecule has 0 fully saturated rings. The molecule has 3 aromatic rings. The van der Waals surface area contributed by atoms with Crippen LogP contribution in [0.15, 0.2) is 60.7 Å². The van der Waals surface area contributed by atoms with Crippen molar-refractivity contribution in [2.45, 2.75) is 6.18 Å². The third kappa shape index (κ3) is 3.11. The molecule has 3 aromatic carbocycles. The van der Waals surface area contributed by atoms with Crippen molar-refractivity contribution < 1.29 is 22.7 Å². The van der Waals surface area contributed by atoms with Crippen LogP contribution in [0.4, 0.5) is 13.2 Å². The smallest absolute Gasteiger partial charge is 0.454 e. The van der Waals surface area contributed by atoms with E-state index >= 15 is 0 Å². The molecule has 0 aromatic heterocycles. The Morgan fingerprint density at radius 3 is 2.08 bits per heavy atom. The number of rotatable bonds is 3. The molecule has 0 unspecified atom stereocenters. The first kappa shape index (κ1) is 16.1. The number of benzene rings is 3. The number of alkyl halides is 3. The molecule has 0 amide bonds. The first-order valence-corrected chi connectivity index (χ1v) is 7.18. The number of hydrogen-bond acceptors (Lipinski definition) is 2. The molecule has 0 aliphatic carbocycles. The van der Waals surface area contributed by atoms with E-state index in [1.54, 1.807) is 18.2 Å². The van der Waals surface area contributed by atoms with Crippen LogP contribution in [0.3, 0.4) is 0 Å². The highest BCUT2D eigenvalue weighted by Crippen LogP contribution is 2.27. The second-order valence-electron chi connectivity index (χ2n) is 5.34.